The predicted molar refractivity (Wildman–Crippen MR) is 80.2 cm³/mol. The molecule has 1 nitrogen and oxygen atoms in total. The third kappa shape index (κ3) is 1.75. The molecule has 0 spiro atoms. The van der Waals surface area contributed by atoms with Crippen molar-refractivity contribution in [3.05, 3.63) is 71.9 Å². The number of fused-ring (bicyclic) bond motifs is 1. The Balaban J connectivity index is 2.19. The van der Waals surface area contributed by atoms with Crippen LogP contribution in [0.25, 0.3) is 10.9 Å². The van der Waals surface area contributed by atoms with Crippen LogP contribution in [0.5, 0.6) is 0 Å². The van der Waals surface area contributed by atoms with Crippen LogP contribution in [-0.2, 0) is 7.05 Å². The van der Waals surface area contributed by atoms with E-state index in [-0.39, 0.29) is 0 Å². The molecule has 0 aliphatic carbocycles. The van der Waals surface area contributed by atoms with E-state index >= 15 is 0 Å². The highest BCUT2D eigenvalue weighted by atomic mass is 32.1. The molecule has 3 aromatic rings. The molecule has 1 heterocycles. The molecule has 88 valence electrons. The van der Waals surface area contributed by atoms with Gasteiger partial charge in [0, 0.05) is 29.7 Å². The first-order chi connectivity index (χ1) is 8.77. The van der Waals surface area contributed by atoms with E-state index in [9.17, 15) is 0 Å². The minimum Gasteiger partial charge on any atom is -0.350 e. The summed E-state index contributed by atoms with van der Waals surface area (Å²) in [5.41, 5.74) is 3.45. The monoisotopic (exact) mass is 251 g/mol. The van der Waals surface area contributed by atoms with Crippen molar-refractivity contribution in [3.8, 4) is 0 Å². The lowest BCUT2D eigenvalue weighted by Crippen LogP contribution is -1.98. The smallest absolute Gasteiger partial charge is 0.0543 e. The van der Waals surface area contributed by atoms with Gasteiger partial charge in [-0.25, -0.2) is 0 Å². The van der Waals surface area contributed by atoms with E-state index in [1.54, 1.807) is 0 Å². The number of hydrogen-bond acceptors (Lipinski definition) is 1. The summed E-state index contributed by atoms with van der Waals surface area (Å²) >= 11 is 5.61. The molecule has 0 aliphatic heterocycles. The van der Waals surface area contributed by atoms with Gasteiger partial charge in [-0.1, -0.05) is 60.7 Å². The Kier molecular flexibility index (Phi) is 2.73. The van der Waals surface area contributed by atoms with Crippen LogP contribution >= 0.6 is 12.2 Å². The Morgan fingerprint density at radius 2 is 1.61 bits per heavy atom. The number of benzene rings is 2. The molecular formula is C16H13NS. The van der Waals surface area contributed by atoms with Crippen molar-refractivity contribution in [2.24, 2.45) is 7.05 Å². The zero-order chi connectivity index (χ0) is 12.5. The van der Waals surface area contributed by atoms with E-state index in [0.29, 0.717) is 0 Å². The Hall–Kier alpha value is -1.93. The fourth-order valence-electron chi connectivity index (χ4n) is 2.27. The standard InChI is InChI=1S/C16H13NS/c1-17-11-14(13-9-5-6-10-15(13)17)16(18)12-7-3-2-4-8-12/h2-11H,1H3. The van der Waals surface area contributed by atoms with Gasteiger partial charge in [0.25, 0.3) is 0 Å². The molecule has 0 saturated carbocycles. The minimum absolute atomic E-state index is 0.910. The summed E-state index contributed by atoms with van der Waals surface area (Å²) < 4.78 is 2.12. The second-order valence-corrected chi connectivity index (χ2v) is 4.77. The number of aromatic nitrogens is 1. The van der Waals surface area contributed by atoms with Crippen LogP contribution in [0.1, 0.15) is 11.1 Å². The molecule has 1 aromatic heterocycles. The van der Waals surface area contributed by atoms with Crippen LogP contribution in [0.4, 0.5) is 0 Å². The Morgan fingerprint density at radius 1 is 0.944 bits per heavy atom. The average molecular weight is 251 g/mol. The minimum atomic E-state index is 0.910. The van der Waals surface area contributed by atoms with E-state index < -0.39 is 0 Å². The zero-order valence-corrected chi connectivity index (χ0v) is 10.9. The van der Waals surface area contributed by atoms with E-state index in [0.717, 1.165) is 16.0 Å². The van der Waals surface area contributed by atoms with E-state index in [1.807, 2.05) is 18.2 Å². The summed E-state index contributed by atoms with van der Waals surface area (Å²) in [6.07, 6.45) is 2.11. The third-order valence-corrected chi connectivity index (χ3v) is 3.63. The summed E-state index contributed by atoms with van der Waals surface area (Å²) in [5, 5.41) is 1.22. The van der Waals surface area contributed by atoms with Crippen molar-refractivity contribution >= 4 is 28.0 Å². The fraction of sp³-hybridized carbons (Fsp3) is 0.0625. The van der Waals surface area contributed by atoms with Crippen molar-refractivity contribution in [2.45, 2.75) is 0 Å². The predicted octanol–water partition coefficient (Wildman–Crippen LogP) is 3.94. The molecule has 0 saturated heterocycles. The van der Waals surface area contributed by atoms with Crippen molar-refractivity contribution in [2.75, 3.05) is 0 Å². The summed E-state index contributed by atoms with van der Waals surface area (Å²) in [6, 6.07) is 18.5. The van der Waals surface area contributed by atoms with Gasteiger partial charge in [0.1, 0.15) is 0 Å². The van der Waals surface area contributed by atoms with E-state index in [1.165, 1.54) is 10.9 Å². The molecule has 2 aromatic carbocycles. The first kappa shape index (κ1) is 11.2. The van der Waals surface area contributed by atoms with Gasteiger partial charge in [-0.2, -0.15) is 0 Å². The molecule has 0 amide bonds. The number of thiocarbonyl (C=S) groups is 1. The Morgan fingerprint density at radius 3 is 2.39 bits per heavy atom. The summed E-state index contributed by atoms with van der Waals surface area (Å²) in [4.78, 5) is 0.910. The van der Waals surface area contributed by atoms with Gasteiger partial charge in [0.2, 0.25) is 0 Å². The van der Waals surface area contributed by atoms with Crippen LogP contribution in [0, 0.1) is 0 Å². The third-order valence-electron chi connectivity index (χ3n) is 3.18. The first-order valence-electron chi connectivity index (χ1n) is 5.91. The molecule has 0 aliphatic rings. The highest BCUT2D eigenvalue weighted by molar-refractivity contribution is 7.81. The van der Waals surface area contributed by atoms with Gasteiger partial charge in [-0.15, -0.1) is 0 Å². The zero-order valence-electron chi connectivity index (χ0n) is 10.1. The summed E-state index contributed by atoms with van der Waals surface area (Å²) in [7, 11) is 2.06. The van der Waals surface area contributed by atoms with Gasteiger partial charge >= 0.3 is 0 Å². The van der Waals surface area contributed by atoms with Crippen molar-refractivity contribution < 1.29 is 0 Å². The van der Waals surface area contributed by atoms with Gasteiger partial charge in [0.15, 0.2) is 0 Å². The lowest BCUT2D eigenvalue weighted by atomic mass is 10.0. The SMILES string of the molecule is Cn1cc(C(=S)c2ccccc2)c2ccccc21. The first-order valence-corrected chi connectivity index (χ1v) is 6.32. The molecular weight excluding hydrogens is 238 g/mol. The lowest BCUT2D eigenvalue weighted by molar-refractivity contribution is 0.968. The van der Waals surface area contributed by atoms with Crippen molar-refractivity contribution in [1.29, 1.82) is 0 Å². The number of rotatable bonds is 2. The second kappa shape index (κ2) is 4.39. The topological polar surface area (TPSA) is 4.93 Å². The molecule has 0 atom stereocenters. The van der Waals surface area contributed by atoms with Crippen LogP contribution < -0.4 is 0 Å². The summed E-state index contributed by atoms with van der Waals surface area (Å²) in [6.45, 7) is 0. The van der Waals surface area contributed by atoms with Crippen LogP contribution in [0.3, 0.4) is 0 Å². The van der Waals surface area contributed by atoms with Gasteiger partial charge in [0.05, 0.1) is 4.86 Å². The van der Waals surface area contributed by atoms with E-state index in [2.05, 4.69) is 54.2 Å². The molecule has 18 heavy (non-hydrogen) atoms. The number of hydrogen-bond donors (Lipinski definition) is 0. The van der Waals surface area contributed by atoms with Gasteiger partial charge in [-0.05, 0) is 11.6 Å². The maximum absolute atomic E-state index is 5.61. The molecule has 2 heteroatoms. The molecule has 3 rings (SSSR count). The molecule has 0 radical (unpaired) electrons. The number of aryl methyl sites for hydroxylation is 1. The average Bonchev–Trinajstić information content (AvgIpc) is 2.77. The summed E-state index contributed by atoms with van der Waals surface area (Å²) in [5.74, 6) is 0. The highest BCUT2D eigenvalue weighted by Gasteiger charge is 2.11. The Labute approximate surface area is 112 Å². The maximum Gasteiger partial charge on any atom is 0.0543 e. The maximum atomic E-state index is 5.61. The molecule has 0 unspecified atom stereocenters. The van der Waals surface area contributed by atoms with Crippen LogP contribution in [0.15, 0.2) is 60.8 Å². The molecule has 0 N–H and O–H groups in total. The highest BCUT2D eigenvalue weighted by Crippen LogP contribution is 2.23. The van der Waals surface area contributed by atoms with Crippen LogP contribution in [-0.4, -0.2) is 9.43 Å². The second-order valence-electron chi connectivity index (χ2n) is 4.37. The largest absolute Gasteiger partial charge is 0.350 e. The normalized spacial score (nSPS) is 10.7. The number of nitrogens with zero attached hydrogens (tertiary/aromatic N) is 1. The van der Waals surface area contributed by atoms with Gasteiger partial charge in [-0.3, -0.25) is 0 Å². The number of para-hydroxylation sites is 1. The van der Waals surface area contributed by atoms with Crippen LogP contribution in [0.2, 0.25) is 0 Å². The van der Waals surface area contributed by atoms with Crippen molar-refractivity contribution in [1.82, 2.24) is 4.57 Å². The van der Waals surface area contributed by atoms with Gasteiger partial charge < -0.3 is 4.57 Å². The molecule has 0 fully saturated rings. The van der Waals surface area contributed by atoms with Crippen molar-refractivity contribution in [3.63, 3.8) is 0 Å². The quantitative estimate of drug-likeness (QED) is 0.493. The van der Waals surface area contributed by atoms with E-state index in [4.69, 9.17) is 12.2 Å². The Bertz CT molecular complexity index is 710. The lowest BCUT2D eigenvalue weighted by Gasteiger charge is -2.02. The fourth-order valence-corrected chi connectivity index (χ4v) is 2.57. The molecule has 0 bridgehead atoms.